The number of nitrogens with two attached hydrogens (primary N) is 1. The molecule has 2 aromatic rings. The molecule has 0 aliphatic heterocycles. The predicted molar refractivity (Wildman–Crippen MR) is 61.2 cm³/mol. The molecule has 0 saturated carbocycles. The van der Waals surface area contributed by atoms with Crippen molar-refractivity contribution >= 4 is 10.8 Å². The molecule has 0 spiro atoms. The lowest BCUT2D eigenvalue weighted by Gasteiger charge is -2.08. The van der Waals surface area contributed by atoms with Crippen molar-refractivity contribution in [3.05, 3.63) is 47.5 Å². The topological polar surface area (TPSA) is 26.0 Å². The second-order valence-electron chi connectivity index (χ2n) is 3.49. The maximum Gasteiger partial charge on any atom is 0.0184 e. The number of fused-ring (bicyclic) bond motifs is 1. The van der Waals surface area contributed by atoms with Crippen LogP contribution in [-0.2, 0) is 13.0 Å². The molecule has 0 fully saturated rings. The minimum absolute atomic E-state index is 0.619. The Morgan fingerprint density at radius 3 is 2.21 bits per heavy atom. The second-order valence-corrected chi connectivity index (χ2v) is 3.49. The SMILES string of the molecule is CCc1cccc2cccc(CN)c12. The molecule has 1 heteroatoms. The minimum Gasteiger partial charge on any atom is -0.326 e. The maximum atomic E-state index is 5.74. The first kappa shape index (κ1) is 9.22. The van der Waals surface area contributed by atoms with E-state index < -0.39 is 0 Å². The van der Waals surface area contributed by atoms with Gasteiger partial charge in [-0.2, -0.15) is 0 Å². The Morgan fingerprint density at radius 2 is 1.64 bits per heavy atom. The molecular formula is C13H15N. The standard InChI is InChI=1S/C13H15N/c1-2-10-5-3-6-11-7-4-8-12(9-14)13(10)11/h3-8H,2,9,14H2,1H3. The summed E-state index contributed by atoms with van der Waals surface area (Å²) < 4.78 is 0. The Balaban J connectivity index is 2.81. The van der Waals surface area contributed by atoms with Crippen molar-refractivity contribution in [3.63, 3.8) is 0 Å². The summed E-state index contributed by atoms with van der Waals surface area (Å²) in [4.78, 5) is 0. The number of benzene rings is 2. The molecule has 0 atom stereocenters. The van der Waals surface area contributed by atoms with Crippen LogP contribution in [0.3, 0.4) is 0 Å². The van der Waals surface area contributed by atoms with Crippen LogP contribution in [0.4, 0.5) is 0 Å². The third-order valence-electron chi connectivity index (χ3n) is 2.68. The van der Waals surface area contributed by atoms with Gasteiger partial charge in [-0.05, 0) is 28.3 Å². The lowest BCUT2D eigenvalue weighted by Crippen LogP contribution is -1.98. The van der Waals surface area contributed by atoms with Gasteiger partial charge in [-0.15, -0.1) is 0 Å². The van der Waals surface area contributed by atoms with Gasteiger partial charge in [-0.3, -0.25) is 0 Å². The zero-order valence-electron chi connectivity index (χ0n) is 8.46. The molecule has 14 heavy (non-hydrogen) atoms. The Labute approximate surface area is 84.5 Å². The third kappa shape index (κ3) is 1.40. The van der Waals surface area contributed by atoms with E-state index in [4.69, 9.17) is 5.73 Å². The lowest BCUT2D eigenvalue weighted by atomic mass is 9.98. The fourth-order valence-electron chi connectivity index (χ4n) is 1.97. The van der Waals surface area contributed by atoms with Crippen LogP contribution >= 0.6 is 0 Å². The highest BCUT2D eigenvalue weighted by atomic mass is 14.5. The van der Waals surface area contributed by atoms with Crippen molar-refractivity contribution in [1.82, 2.24) is 0 Å². The van der Waals surface area contributed by atoms with Gasteiger partial charge >= 0.3 is 0 Å². The zero-order valence-corrected chi connectivity index (χ0v) is 8.46. The highest BCUT2D eigenvalue weighted by Crippen LogP contribution is 2.23. The first-order chi connectivity index (χ1) is 6.86. The molecule has 72 valence electrons. The van der Waals surface area contributed by atoms with Gasteiger partial charge in [0.1, 0.15) is 0 Å². The van der Waals surface area contributed by atoms with Crippen molar-refractivity contribution in [2.24, 2.45) is 5.73 Å². The summed E-state index contributed by atoms with van der Waals surface area (Å²) in [6, 6.07) is 12.8. The summed E-state index contributed by atoms with van der Waals surface area (Å²) in [6.07, 6.45) is 1.06. The maximum absolute atomic E-state index is 5.74. The van der Waals surface area contributed by atoms with Gasteiger partial charge in [0.2, 0.25) is 0 Å². The molecule has 0 bridgehead atoms. The van der Waals surface area contributed by atoms with Gasteiger partial charge in [-0.1, -0.05) is 43.3 Å². The van der Waals surface area contributed by atoms with E-state index in [1.807, 2.05) is 0 Å². The molecule has 0 aliphatic carbocycles. The van der Waals surface area contributed by atoms with Crippen LogP contribution in [0.5, 0.6) is 0 Å². The van der Waals surface area contributed by atoms with E-state index in [1.54, 1.807) is 0 Å². The molecule has 0 radical (unpaired) electrons. The summed E-state index contributed by atoms with van der Waals surface area (Å²) in [5.74, 6) is 0. The third-order valence-corrected chi connectivity index (χ3v) is 2.68. The molecule has 0 aromatic heterocycles. The van der Waals surface area contributed by atoms with Crippen molar-refractivity contribution in [3.8, 4) is 0 Å². The van der Waals surface area contributed by atoms with E-state index in [0.717, 1.165) is 6.42 Å². The van der Waals surface area contributed by atoms with Crippen molar-refractivity contribution in [2.75, 3.05) is 0 Å². The van der Waals surface area contributed by atoms with Crippen LogP contribution in [-0.4, -0.2) is 0 Å². The molecular weight excluding hydrogens is 170 g/mol. The van der Waals surface area contributed by atoms with Gasteiger partial charge in [0.25, 0.3) is 0 Å². The lowest BCUT2D eigenvalue weighted by molar-refractivity contribution is 1.07. The van der Waals surface area contributed by atoms with Crippen molar-refractivity contribution < 1.29 is 0 Å². The molecule has 2 rings (SSSR count). The first-order valence-electron chi connectivity index (χ1n) is 5.06. The van der Waals surface area contributed by atoms with Crippen LogP contribution in [0, 0.1) is 0 Å². The van der Waals surface area contributed by atoms with Gasteiger partial charge in [0.15, 0.2) is 0 Å². The van der Waals surface area contributed by atoms with E-state index in [1.165, 1.54) is 21.9 Å². The number of hydrogen-bond acceptors (Lipinski definition) is 1. The first-order valence-corrected chi connectivity index (χ1v) is 5.06. The normalized spacial score (nSPS) is 10.7. The average Bonchev–Trinajstić information content (AvgIpc) is 2.27. The summed E-state index contributed by atoms with van der Waals surface area (Å²) >= 11 is 0. The van der Waals surface area contributed by atoms with E-state index in [-0.39, 0.29) is 0 Å². The fourth-order valence-corrected chi connectivity index (χ4v) is 1.97. The zero-order chi connectivity index (χ0) is 9.97. The average molecular weight is 185 g/mol. The van der Waals surface area contributed by atoms with Gasteiger partial charge < -0.3 is 5.73 Å². The molecule has 0 saturated heterocycles. The van der Waals surface area contributed by atoms with E-state index in [0.29, 0.717) is 6.54 Å². The minimum atomic E-state index is 0.619. The van der Waals surface area contributed by atoms with Gasteiger partial charge in [0, 0.05) is 6.54 Å². The van der Waals surface area contributed by atoms with Gasteiger partial charge in [-0.25, -0.2) is 0 Å². The molecule has 1 nitrogen and oxygen atoms in total. The summed E-state index contributed by atoms with van der Waals surface area (Å²) in [6.45, 7) is 2.80. The molecule has 0 unspecified atom stereocenters. The molecule has 0 aliphatic rings. The largest absolute Gasteiger partial charge is 0.326 e. The monoisotopic (exact) mass is 185 g/mol. The summed E-state index contributed by atoms with van der Waals surface area (Å²) in [7, 11) is 0. The van der Waals surface area contributed by atoms with Crippen molar-refractivity contribution in [1.29, 1.82) is 0 Å². The Hall–Kier alpha value is -1.34. The van der Waals surface area contributed by atoms with Crippen LogP contribution in [0.15, 0.2) is 36.4 Å². The Morgan fingerprint density at radius 1 is 1.00 bits per heavy atom. The van der Waals surface area contributed by atoms with E-state index >= 15 is 0 Å². The van der Waals surface area contributed by atoms with Crippen LogP contribution in [0.2, 0.25) is 0 Å². The van der Waals surface area contributed by atoms with E-state index in [9.17, 15) is 0 Å². The molecule has 0 amide bonds. The molecule has 2 aromatic carbocycles. The van der Waals surface area contributed by atoms with Crippen LogP contribution in [0.25, 0.3) is 10.8 Å². The molecule has 0 heterocycles. The highest BCUT2D eigenvalue weighted by molar-refractivity contribution is 5.88. The summed E-state index contributed by atoms with van der Waals surface area (Å²) in [5, 5.41) is 2.65. The van der Waals surface area contributed by atoms with E-state index in [2.05, 4.69) is 43.3 Å². The number of rotatable bonds is 2. The fraction of sp³-hybridized carbons (Fsp3) is 0.231. The predicted octanol–water partition coefficient (Wildman–Crippen LogP) is 2.86. The quantitative estimate of drug-likeness (QED) is 0.765. The second kappa shape index (κ2) is 3.81. The highest BCUT2D eigenvalue weighted by Gasteiger charge is 2.02. The van der Waals surface area contributed by atoms with Gasteiger partial charge in [0.05, 0.1) is 0 Å². The summed E-state index contributed by atoms with van der Waals surface area (Å²) in [5.41, 5.74) is 8.38. The smallest absolute Gasteiger partial charge is 0.0184 e. The van der Waals surface area contributed by atoms with Crippen LogP contribution < -0.4 is 5.73 Å². The molecule has 2 N–H and O–H groups in total. The number of aryl methyl sites for hydroxylation is 1. The number of hydrogen-bond donors (Lipinski definition) is 1. The Kier molecular flexibility index (Phi) is 2.51. The van der Waals surface area contributed by atoms with Crippen molar-refractivity contribution in [2.45, 2.75) is 19.9 Å². The Bertz CT molecular complexity index is 407. The van der Waals surface area contributed by atoms with Crippen LogP contribution in [0.1, 0.15) is 18.1 Å².